The molecule has 0 bridgehead atoms. The predicted molar refractivity (Wildman–Crippen MR) is 102 cm³/mol. The lowest BCUT2D eigenvalue weighted by atomic mass is 10.0. The number of amides is 1. The molecule has 2 heterocycles. The quantitative estimate of drug-likeness (QED) is 0.606. The van der Waals surface area contributed by atoms with Gasteiger partial charge in [-0.15, -0.1) is 11.3 Å². The van der Waals surface area contributed by atoms with Gasteiger partial charge in [0.2, 0.25) is 5.91 Å². The number of benzene rings is 1. The number of aromatic amines is 1. The zero-order valence-electron chi connectivity index (χ0n) is 15.4. The number of fused-ring (bicyclic) bond motifs is 1. The molecule has 0 radical (unpaired) electrons. The Bertz CT molecular complexity index is 974. The van der Waals surface area contributed by atoms with Crippen LogP contribution in [-0.2, 0) is 11.0 Å². The molecule has 1 aliphatic carbocycles. The summed E-state index contributed by atoms with van der Waals surface area (Å²) in [4.78, 5) is 20.4. The normalized spacial score (nSPS) is 20.5. The van der Waals surface area contributed by atoms with Crippen LogP contribution in [0.15, 0.2) is 36.4 Å². The van der Waals surface area contributed by atoms with Gasteiger partial charge in [0.15, 0.2) is 0 Å². The van der Waals surface area contributed by atoms with Crippen molar-refractivity contribution in [2.75, 3.05) is 0 Å². The molecule has 8 heteroatoms. The molecule has 148 valence electrons. The summed E-state index contributed by atoms with van der Waals surface area (Å²) in [6.45, 7) is 3.78. The van der Waals surface area contributed by atoms with Gasteiger partial charge in [-0.1, -0.05) is 26.0 Å². The Morgan fingerprint density at radius 2 is 2.00 bits per heavy atom. The Labute approximate surface area is 164 Å². The van der Waals surface area contributed by atoms with Gasteiger partial charge in [-0.25, -0.2) is 4.98 Å². The van der Waals surface area contributed by atoms with Crippen LogP contribution in [0.3, 0.4) is 0 Å². The maximum absolute atomic E-state index is 12.9. The first-order valence-electron chi connectivity index (χ1n) is 9.16. The second-order valence-corrected chi connectivity index (χ2v) is 8.63. The lowest BCUT2D eigenvalue weighted by Crippen LogP contribution is -2.32. The molecule has 1 aromatic carbocycles. The Morgan fingerprint density at radius 3 is 2.64 bits per heavy atom. The van der Waals surface area contributed by atoms with Crippen LogP contribution >= 0.6 is 11.3 Å². The third-order valence-electron chi connectivity index (χ3n) is 5.06. The van der Waals surface area contributed by atoms with Gasteiger partial charge in [0.05, 0.1) is 17.1 Å². The number of nitrogens with one attached hydrogen (secondary N) is 2. The molecule has 1 saturated carbocycles. The highest BCUT2D eigenvalue weighted by molar-refractivity contribution is 7.12. The molecule has 2 N–H and O–H groups in total. The van der Waals surface area contributed by atoms with Gasteiger partial charge < -0.3 is 10.3 Å². The highest BCUT2D eigenvalue weighted by Gasteiger charge is 2.46. The number of thiophene rings is 1. The van der Waals surface area contributed by atoms with Crippen molar-refractivity contribution in [3.05, 3.63) is 52.0 Å². The van der Waals surface area contributed by atoms with Crippen molar-refractivity contribution in [3.63, 3.8) is 0 Å². The van der Waals surface area contributed by atoms with E-state index in [1.54, 1.807) is 0 Å². The molecule has 1 amide bonds. The number of alkyl halides is 3. The summed E-state index contributed by atoms with van der Waals surface area (Å²) in [5.41, 5.74) is 1.80. The molecular formula is C20H20F3N3OS. The summed E-state index contributed by atoms with van der Waals surface area (Å²) in [5.74, 6) is 0.453. The maximum atomic E-state index is 12.9. The molecule has 3 aromatic rings. The lowest BCUT2D eigenvalue weighted by Gasteiger charge is -2.21. The van der Waals surface area contributed by atoms with Gasteiger partial charge in [-0.2, -0.15) is 13.2 Å². The van der Waals surface area contributed by atoms with Crippen LogP contribution in [0, 0.1) is 11.8 Å². The Kier molecular flexibility index (Phi) is 4.69. The van der Waals surface area contributed by atoms with Crippen molar-refractivity contribution in [1.29, 1.82) is 0 Å². The molecule has 1 aliphatic rings. The zero-order chi connectivity index (χ0) is 20.1. The first-order chi connectivity index (χ1) is 13.2. The fourth-order valence-corrected chi connectivity index (χ4v) is 4.53. The number of rotatable bonds is 5. The lowest BCUT2D eigenvalue weighted by molar-refractivity contribution is -0.134. The zero-order valence-corrected chi connectivity index (χ0v) is 16.2. The largest absolute Gasteiger partial charge is 0.425 e. The first kappa shape index (κ1) is 19.0. The van der Waals surface area contributed by atoms with E-state index in [1.807, 2.05) is 38.1 Å². The summed E-state index contributed by atoms with van der Waals surface area (Å²) in [6.07, 6.45) is -3.67. The number of para-hydroxylation sites is 2. The highest BCUT2D eigenvalue weighted by Crippen LogP contribution is 2.47. The van der Waals surface area contributed by atoms with Crippen molar-refractivity contribution < 1.29 is 18.0 Å². The summed E-state index contributed by atoms with van der Waals surface area (Å²) in [6, 6.07) is 9.78. The van der Waals surface area contributed by atoms with E-state index in [1.165, 1.54) is 6.07 Å². The number of hydrogen-bond donors (Lipinski definition) is 2. The van der Waals surface area contributed by atoms with E-state index in [0.717, 1.165) is 22.9 Å². The molecule has 3 atom stereocenters. The molecule has 4 nitrogen and oxygen atoms in total. The van der Waals surface area contributed by atoms with Crippen molar-refractivity contribution in [1.82, 2.24) is 15.3 Å². The van der Waals surface area contributed by atoms with Crippen molar-refractivity contribution >= 4 is 28.3 Å². The van der Waals surface area contributed by atoms with E-state index in [-0.39, 0.29) is 23.7 Å². The molecule has 28 heavy (non-hydrogen) atoms. The number of carbonyl (C=O) groups is 1. The summed E-state index contributed by atoms with van der Waals surface area (Å²) in [5, 5.41) is 2.96. The number of imidazole rings is 1. The monoisotopic (exact) mass is 407 g/mol. The summed E-state index contributed by atoms with van der Waals surface area (Å²) >= 11 is 0.692. The van der Waals surface area contributed by atoms with Gasteiger partial charge in [-0.3, -0.25) is 4.79 Å². The van der Waals surface area contributed by atoms with Gasteiger partial charge in [0.25, 0.3) is 0 Å². The van der Waals surface area contributed by atoms with E-state index in [4.69, 9.17) is 0 Å². The van der Waals surface area contributed by atoms with Crippen LogP contribution in [0.5, 0.6) is 0 Å². The van der Waals surface area contributed by atoms with Crippen LogP contribution in [0.4, 0.5) is 13.2 Å². The van der Waals surface area contributed by atoms with Gasteiger partial charge >= 0.3 is 6.18 Å². The van der Waals surface area contributed by atoms with Crippen LogP contribution in [0.25, 0.3) is 11.0 Å². The van der Waals surface area contributed by atoms with E-state index in [2.05, 4.69) is 15.3 Å². The van der Waals surface area contributed by atoms with Gasteiger partial charge in [0, 0.05) is 16.7 Å². The molecule has 0 aliphatic heterocycles. The molecule has 2 aromatic heterocycles. The van der Waals surface area contributed by atoms with E-state index >= 15 is 0 Å². The van der Waals surface area contributed by atoms with Gasteiger partial charge in [0.1, 0.15) is 10.7 Å². The topological polar surface area (TPSA) is 57.8 Å². The molecule has 4 rings (SSSR count). The van der Waals surface area contributed by atoms with Crippen molar-refractivity contribution in [3.8, 4) is 0 Å². The van der Waals surface area contributed by atoms with Crippen molar-refractivity contribution in [2.45, 2.75) is 38.4 Å². The highest BCUT2D eigenvalue weighted by atomic mass is 32.1. The van der Waals surface area contributed by atoms with E-state index in [9.17, 15) is 18.0 Å². The van der Waals surface area contributed by atoms with Crippen LogP contribution < -0.4 is 5.32 Å². The third kappa shape index (κ3) is 3.65. The average molecular weight is 407 g/mol. The van der Waals surface area contributed by atoms with Crippen molar-refractivity contribution in [2.24, 2.45) is 11.8 Å². The van der Waals surface area contributed by atoms with Crippen LogP contribution in [-0.4, -0.2) is 15.9 Å². The molecular weight excluding hydrogens is 387 g/mol. The van der Waals surface area contributed by atoms with Gasteiger partial charge in [-0.05, 0) is 36.6 Å². The molecule has 0 saturated heterocycles. The summed E-state index contributed by atoms with van der Waals surface area (Å²) in [7, 11) is 0. The minimum atomic E-state index is -4.36. The fraction of sp³-hybridized carbons (Fsp3) is 0.400. The minimum Gasteiger partial charge on any atom is -0.348 e. The van der Waals surface area contributed by atoms with E-state index in [0.29, 0.717) is 22.6 Å². The number of halogens is 3. The van der Waals surface area contributed by atoms with Crippen LogP contribution in [0.1, 0.15) is 47.8 Å². The number of H-pyrrole nitrogens is 1. The SMILES string of the molecule is CC(C)[C@H](NC(=O)C1C[C@@H]1c1nc2ccccc2[nH]1)c1ccc(C(F)(F)F)s1. The standard InChI is InChI=1S/C20H20F3N3OS/c1-10(2)17(15-7-8-16(28-15)20(21,22)23)26-19(27)12-9-11(12)18-24-13-5-3-4-6-14(13)25-18/h3-8,10-12,17H,9H2,1-2H3,(H,24,25)(H,26,27)/t11-,12?,17-/m0/s1. The predicted octanol–water partition coefficient (Wildman–Crippen LogP) is 5.26. The van der Waals surface area contributed by atoms with E-state index < -0.39 is 17.1 Å². The number of aromatic nitrogens is 2. The number of nitrogens with zero attached hydrogens (tertiary/aromatic N) is 1. The smallest absolute Gasteiger partial charge is 0.348 e. The minimum absolute atomic E-state index is 0.0212. The Balaban J connectivity index is 1.46. The fourth-order valence-electron chi connectivity index (χ4n) is 3.43. The molecule has 1 unspecified atom stereocenters. The first-order valence-corrected chi connectivity index (χ1v) is 9.97. The number of hydrogen-bond acceptors (Lipinski definition) is 3. The molecule has 0 spiro atoms. The van der Waals surface area contributed by atoms with Crippen LogP contribution in [0.2, 0.25) is 0 Å². The maximum Gasteiger partial charge on any atom is 0.425 e. The second-order valence-electron chi connectivity index (χ2n) is 7.52. The molecule has 1 fully saturated rings. The summed E-state index contributed by atoms with van der Waals surface area (Å²) < 4.78 is 38.7. The second kappa shape index (κ2) is 6.92. The third-order valence-corrected chi connectivity index (χ3v) is 6.28. The number of carbonyl (C=O) groups excluding carboxylic acids is 1. The Morgan fingerprint density at radius 1 is 1.25 bits per heavy atom. The Hall–Kier alpha value is -2.35. The average Bonchev–Trinajstić information content (AvgIpc) is 3.08.